The molecular formula is C23H23ClF2N2O5S. The lowest BCUT2D eigenvalue weighted by Crippen LogP contribution is -2.33. The highest BCUT2D eigenvalue weighted by molar-refractivity contribution is 7.92. The predicted octanol–water partition coefficient (Wildman–Crippen LogP) is 4.95. The van der Waals surface area contributed by atoms with E-state index in [0.29, 0.717) is 44.5 Å². The first-order valence-electron chi connectivity index (χ1n) is 10.5. The maximum Gasteiger partial charge on any atom is 0.405 e. The van der Waals surface area contributed by atoms with Crippen LogP contribution < -0.4 is 10.1 Å². The minimum absolute atomic E-state index is 0.0272. The average molecular weight is 513 g/mol. The van der Waals surface area contributed by atoms with Crippen LogP contribution in [0, 0.1) is 28.9 Å². The van der Waals surface area contributed by atoms with E-state index in [1.165, 1.54) is 30.3 Å². The molecule has 0 unspecified atom stereocenters. The van der Waals surface area contributed by atoms with E-state index < -0.39 is 32.5 Å². The largest absolute Gasteiger partial charge is 0.493 e. The van der Waals surface area contributed by atoms with Gasteiger partial charge in [0.15, 0.2) is 9.84 Å². The molecule has 2 aliphatic rings. The number of carboxylic acid groups (broad SMARTS) is 1. The molecule has 2 saturated carbocycles. The monoisotopic (exact) mass is 512 g/mol. The van der Waals surface area contributed by atoms with Crippen molar-refractivity contribution >= 4 is 27.5 Å². The lowest BCUT2D eigenvalue weighted by Gasteiger charge is -2.14. The van der Waals surface area contributed by atoms with Crippen LogP contribution in [0.15, 0.2) is 47.4 Å². The molecule has 2 aromatic rings. The SMILES string of the molecule is N#CC1(NC(=O)O)CC1.O=S(=O)(c1ccc(F)cc1Cl)[C@H]1CC[C@@H](COc2ccc(F)cc2)C1. The summed E-state index contributed by atoms with van der Waals surface area (Å²) >= 11 is 5.91. The second-order valence-corrected chi connectivity index (χ2v) is 10.9. The Morgan fingerprint density at radius 3 is 2.35 bits per heavy atom. The van der Waals surface area contributed by atoms with Crippen LogP contribution in [-0.2, 0) is 9.84 Å². The lowest BCUT2D eigenvalue weighted by molar-refractivity contribution is 0.191. The maximum atomic E-state index is 13.1. The van der Waals surface area contributed by atoms with E-state index in [1.54, 1.807) is 0 Å². The summed E-state index contributed by atoms with van der Waals surface area (Å²) < 4.78 is 57.1. The minimum Gasteiger partial charge on any atom is -0.493 e. The summed E-state index contributed by atoms with van der Waals surface area (Å²) in [5.74, 6) is -0.269. The molecule has 2 aromatic carbocycles. The van der Waals surface area contributed by atoms with Gasteiger partial charge in [-0.1, -0.05) is 11.6 Å². The van der Waals surface area contributed by atoms with Crippen molar-refractivity contribution in [2.24, 2.45) is 5.92 Å². The molecule has 2 aliphatic carbocycles. The van der Waals surface area contributed by atoms with Crippen LogP contribution in [0.2, 0.25) is 5.02 Å². The van der Waals surface area contributed by atoms with Crippen molar-refractivity contribution in [3.63, 3.8) is 0 Å². The fraction of sp³-hybridized carbons (Fsp3) is 0.391. The van der Waals surface area contributed by atoms with Gasteiger partial charge < -0.3 is 15.2 Å². The fourth-order valence-electron chi connectivity index (χ4n) is 3.69. The predicted molar refractivity (Wildman–Crippen MR) is 120 cm³/mol. The first kappa shape index (κ1) is 25.7. The number of rotatable bonds is 6. The van der Waals surface area contributed by atoms with E-state index in [2.05, 4.69) is 5.32 Å². The number of hydrogen-bond acceptors (Lipinski definition) is 5. The van der Waals surface area contributed by atoms with Gasteiger partial charge in [0.25, 0.3) is 0 Å². The van der Waals surface area contributed by atoms with Gasteiger partial charge in [-0.25, -0.2) is 22.0 Å². The van der Waals surface area contributed by atoms with E-state index >= 15 is 0 Å². The zero-order chi connectivity index (χ0) is 24.9. The molecule has 2 atom stereocenters. The summed E-state index contributed by atoms with van der Waals surface area (Å²) in [4.78, 5) is 9.92. The highest BCUT2D eigenvalue weighted by Crippen LogP contribution is 2.36. The third-order valence-electron chi connectivity index (χ3n) is 5.74. The van der Waals surface area contributed by atoms with E-state index in [0.717, 1.165) is 12.1 Å². The van der Waals surface area contributed by atoms with Crippen LogP contribution in [0.5, 0.6) is 5.75 Å². The Kier molecular flexibility index (Phi) is 8.00. The Morgan fingerprint density at radius 1 is 1.18 bits per heavy atom. The molecule has 11 heteroatoms. The number of halogens is 3. The molecule has 0 aliphatic heterocycles. The lowest BCUT2D eigenvalue weighted by atomic mass is 10.1. The summed E-state index contributed by atoms with van der Waals surface area (Å²) in [7, 11) is -3.61. The number of nitriles is 1. The van der Waals surface area contributed by atoms with Gasteiger partial charge >= 0.3 is 6.09 Å². The van der Waals surface area contributed by atoms with Crippen LogP contribution in [0.25, 0.3) is 0 Å². The van der Waals surface area contributed by atoms with Crippen LogP contribution in [-0.4, -0.2) is 37.0 Å². The maximum absolute atomic E-state index is 13.1. The van der Waals surface area contributed by atoms with Crippen LogP contribution in [0.4, 0.5) is 13.6 Å². The highest BCUT2D eigenvalue weighted by atomic mass is 35.5. The summed E-state index contributed by atoms with van der Waals surface area (Å²) in [5.41, 5.74) is -0.730. The van der Waals surface area contributed by atoms with Gasteiger partial charge in [0.05, 0.1) is 27.8 Å². The van der Waals surface area contributed by atoms with Crippen molar-refractivity contribution in [2.75, 3.05) is 6.61 Å². The third kappa shape index (κ3) is 6.58. The van der Waals surface area contributed by atoms with Crippen molar-refractivity contribution in [2.45, 2.75) is 47.8 Å². The molecule has 0 heterocycles. The van der Waals surface area contributed by atoms with Crippen LogP contribution >= 0.6 is 11.6 Å². The molecule has 0 saturated heterocycles. The highest BCUT2D eigenvalue weighted by Gasteiger charge is 2.44. The van der Waals surface area contributed by atoms with Gasteiger partial charge in [0.1, 0.15) is 22.9 Å². The quantitative estimate of drug-likeness (QED) is 0.529. The second-order valence-electron chi connectivity index (χ2n) is 8.31. The van der Waals surface area contributed by atoms with E-state index in [-0.39, 0.29) is 21.7 Å². The van der Waals surface area contributed by atoms with Gasteiger partial charge in [-0.05, 0) is 80.5 Å². The zero-order valence-corrected chi connectivity index (χ0v) is 19.6. The fourth-order valence-corrected chi connectivity index (χ4v) is 6.10. The van der Waals surface area contributed by atoms with Crippen LogP contribution in [0.1, 0.15) is 32.1 Å². The number of benzene rings is 2. The molecule has 1 amide bonds. The van der Waals surface area contributed by atoms with Gasteiger partial charge in [0.2, 0.25) is 0 Å². The third-order valence-corrected chi connectivity index (χ3v) is 8.44. The number of sulfone groups is 1. The van der Waals surface area contributed by atoms with E-state index in [9.17, 15) is 22.0 Å². The van der Waals surface area contributed by atoms with Gasteiger partial charge in [-0.3, -0.25) is 0 Å². The average Bonchev–Trinajstić information content (AvgIpc) is 3.36. The molecule has 4 rings (SSSR count). The first-order chi connectivity index (χ1) is 16.0. The number of carbonyl (C=O) groups is 1. The normalized spacial score (nSPS) is 20.4. The Bertz CT molecular complexity index is 1180. The molecule has 2 N–H and O–H groups in total. The van der Waals surface area contributed by atoms with Crippen molar-refractivity contribution in [1.29, 1.82) is 5.26 Å². The van der Waals surface area contributed by atoms with Gasteiger partial charge in [0, 0.05) is 0 Å². The van der Waals surface area contributed by atoms with Crippen molar-refractivity contribution in [3.05, 3.63) is 59.1 Å². The van der Waals surface area contributed by atoms with Crippen molar-refractivity contribution in [3.8, 4) is 11.8 Å². The van der Waals surface area contributed by atoms with Crippen molar-refractivity contribution in [1.82, 2.24) is 5.32 Å². The first-order valence-corrected chi connectivity index (χ1v) is 12.5. The molecule has 2 fully saturated rings. The number of amides is 1. The topological polar surface area (TPSA) is 116 Å². The molecule has 182 valence electrons. The second kappa shape index (κ2) is 10.6. The summed E-state index contributed by atoms with van der Waals surface area (Å²) in [6, 6.07) is 10.9. The number of hydrogen-bond donors (Lipinski definition) is 2. The van der Waals surface area contributed by atoms with E-state index in [1.807, 2.05) is 6.07 Å². The molecule has 0 bridgehead atoms. The molecule has 0 radical (unpaired) electrons. The number of nitrogens with one attached hydrogen (secondary N) is 1. The molecule has 0 aromatic heterocycles. The summed E-state index contributed by atoms with van der Waals surface area (Å²) in [6.45, 7) is 0.370. The Labute approximate surface area is 201 Å². The Hall–Kier alpha value is -2.90. The molecule has 0 spiro atoms. The molecule has 34 heavy (non-hydrogen) atoms. The smallest absolute Gasteiger partial charge is 0.405 e. The van der Waals surface area contributed by atoms with Crippen molar-refractivity contribution < 1.29 is 31.8 Å². The summed E-state index contributed by atoms with van der Waals surface area (Å²) in [5, 5.41) is 18.0. The van der Waals surface area contributed by atoms with Gasteiger partial charge in [-0.15, -0.1) is 0 Å². The Morgan fingerprint density at radius 2 is 1.82 bits per heavy atom. The number of ether oxygens (including phenoxy) is 1. The standard InChI is InChI=1S/C18H17ClF2O3S.C5H6N2O2/c19-17-10-14(21)4-8-18(17)25(22,23)16-7-1-12(9-16)11-24-15-5-2-13(20)3-6-15;6-3-5(1-2-5)7-4(8)9/h2-6,8,10,12,16H,1,7,9,11H2;7H,1-2H2,(H,8,9)/t12-,16+;/m1./s1. The van der Waals surface area contributed by atoms with Gasteiger partial charge in [-0.2, -0.15) is 5.26 Å². The summed E-state index contributed by atoms with van der Waals surface area (Å²) in [6.07, 6.45) is 1.86. The Balaban J connectivity index is 0.000000302. The molecular weight excluding hydrogens is 490 g/mol. The minimum atomic E-state index is -3.61. The number of nitrogens with zero attached hydrogens (tertiary/aromatic N) is 1. The zero-order valence-electron chi connectivity index (χ0n) is 18.0. The van der Waals surface area contributed by atoms with E-state index in [4.69, 9.17) is 26.7 Å². The molecule has 7 nitrogen and oxygen atoms in total. The van der Waals surface area contributed by atoms with Crippen LogP contribution in [0.3, 0.4) is 0 Å².